The number of ketones is 1. The third kappa shape index (κ3) is 3.23. The molecule has 0 aromatic heterocycles. The van der Waals surface area contributed by atoms with Crippen molar-refractivity contribution in [2.24, 2.45) is 11.1 Å². The molecule has 0 aliphatic carbocycles. The van der Waals surface area contributed by atoms with Gasteiger partial charge in [-0.15, -0.1) is 0 Å². The van der Waals surface area contributed by atoms with Crippen molar-refractivity contribution >= 4 is 17.5 Å². The third-order valence-corrected chi connectivity index (χ3v) is 1.33. The van der Waals surface area contributed by atoms with E-state index in [4.69, 9.17) is 5.21 Å². The van der Waals surface area contributed by atoms with E-state index in [1.807, 2.05) is 0 Å². The van der Waals surface area contributed by atoms with Gasteiger partial charge in [0.2, 0.25) is 5.71 Å². The summed E-state index contributed by atoms with van der Waals surface area (Å²) in [5.74, 6) is -1.81. The van der Waals surface area contributed by atoms with Crippen LogP contribution < -0.4 is 0 Å². The summed E-state index contributed by atoms with van der Waals surface area (Å²) in [4.78, 5) is 22.2. The summed E-state index contributed by atoms with van der Waals surface area (Å²) in [5, 5.41) is 11.0. The van der Waals surface area contributed by atoms with Crippen LogP contribution in [0.5, 0.6) is 0 Å². The number of Topliss-reactive ketones (excluding diaryl/α,β-unsaturated/α-hetero) is 1. The van der Waals surface area contributed by atoms with Gasteiger partial charge in [0.15, 0.2) is 5.78 Å². The maximum atomic E-state index is 11.2. The minimum absolute atomic E-state index is 0.142. The van der Waals surface area contributed by atoms with Crippen LogP contribution >= 0.6 is 0 Å². The lowest BCUT2D eigenvalue weighted by atomic mass is 10.1. The van der Waals surface area contributed by atoms with E-state index in [9.17, 15) is 9.59 Å². The van der Waals surface area contributed by atoms with Crippen LogP contribution in [-0.4, -0.2) is 29.3 Å². The molecule has 0 aromatic carbocycles. The maximum absolute atomic E-state index is 11.2. The summed E-state index contributed by atoms with van der Waals surface area (Å²) in [6.07, 6.45) is 0. The minimum atomic E-state index is -0.885. The Morgan fingerprint density at radius 3 is 2.31 bits per heavy atom. The molecule has 0 heterocycles. The van der Waals surface area contributed by atoms with Crippen molar-refractivity contribution in [3.63, 3.8) is 0 Å². The van der Waals surface area contributed by atoms with Crippen molar-refractivity contribution in [1.29, 1.82) is 0 Å². The Hall–Kier alpha value is -1.39. The van der Waals surface area contributed by atoms with Crippen LogP contribution in [0.4, 0.5) is 0 Å². The summed E-state index contributed by atoms with van der Waals surface area (Å²) in [7, 11) is 0. The minimum Gasteiger partial charge on any atom is -0.461 e. The van der Waals surface area contributed by atoms with Crippen molar-refractivity contribution in [2.75, 3.05) is 6.61 Å². The first-order valence-corrected chi connectivity index (χ1v) is 3.98. The number of nitrogens with zero attached hydrogens (tertiary/aromatic N) is 1. The molecule has 0 spiro atoms. The highest BCUT2D eigenvalue weighted by Gasteiger charge is 2.24. The monoisotopic (exact) mass is 187 g/mol. The molecule has 0 aliphatic rings. The van der Waals surface area contributed by atoms with Gasteiger partial charge in [0.1, 0.15) is 0 Å². The predicted molar refractivity (Wildman–Crippen MR) is 45.7 cm³/mol. The number of hydrogen-bond donors (Lipinski definition) is 1. The van der Waals surface area contributed by atoms with E-state index < -0.39 is 23.4 Å². The van der Waals surface area contributed by atoms with Crippen molar-refractivity contribution in [2.45, 2.75) is 20.8 Å². The molecule has 0 aliphatic heterocycles. The fraction of sp³-hybridized carbons (Fsp3) is 0.625. The first kappa shape index (κ1) is 11.6. The van der Waals surface area contributed by atoms with Gasteiger partial charge in [0.25, 0.3) is 0 Å². The molecule has 0 fully saturated rings. The van der Waals surface area contributed by atoms with Gasteiger partial charge in [0.05, 0.1) is 6.61 Å². The van der Waals surface area contributed by atoms with E-state index in [0.717, 1.165) is 0 Å². The van der Waals surface area contributed by atoms with E-state index in [0.29, 0.717) is 0 Å². The zero-order valence-electron chi connectivity index (χ0n) is 7.90. The average Bonchev–Trinajstić information content (AvgIpc) is 2.05. The number of carbonyl (C=O) groups excluding carboxylic acids is 2. The fourth-order valence-corrected chi connectivity index (χ4v) is 0.664. The summed E-state index contributed by atoms with van der Waals surface area (Å²) in [6.45, 7) is 4.95. The van der Waals surface area contributed by atoms with Crippen molar-refractivity contribution < 1.29 is 19.5 Å². The quantitative estimate of drug-likeness (QED) is 0.230. The first-order chi connectivity index (χ1) is 6.04. The van der Waals surface area contributed by atoms with Gasteiger partial charge in [-0.3, -0.25) is 4.79 Å². The second kappa shape index (κ2) is 5.29. The Labute approximate surface area is 76.4 Å². The van der Waals surface area contributed by atoms with E-state index in [1.165, 1.54) is 0 Å². The highest BCUT2D eigenvalue weighted by molar-refractivity contribution is 6.64. The number of ether oxygens (including phenoxy) is 1. The van der Waals surface area contributed by atoms with Gasteiger partial charge in [-0.1, -0.05) is 19.0 Å². The molecule has 0 rings (SSSR count). The number of rotatable bonds is 4. The Bertz CT molecular complexity index is 232. The standard InChI is InChI=1S/C8H13NO4/c1-4-13-8(11)6(9-12)7(10)5(2)3/h5,12H,4H2,1-3H3/b9-6-. The van der Waals surface area contributed by atoms with Crippen LogP contribution in [0.1, 0.15) is 20.8 Å². The second-order valence-electron chi connectivity index (χ2n) is 2.69. The number of carbonyl (C=O) groups is 2. The molecule has 74 valence electrons. The maximum Gasteiger partial charge on any atom is 0.364 e. The largest absolute Gasteiger partial charge is 0.461 e. The predicted octanol–water partition coefficient (Wildman–Crippen LogP) is 0.605. The smallest absolute Gasteiger partial charge is 0.364 e. The molecule has 5 nitrogen and oxygen atoms in total. The summed E-state index contributed by atoms with van der Waals surface area (Å²) in [6, 6.07) is 0. The Morgan fingerprint density at radius 1 is 1.46 bits per heavy atom. The number of esters is 1. The molecule has 0 atom stereocenters. The van der Waals surface area contributed by atoms with E-state index in [-0.39, 0.29) is 6.61 Å². The molecular formula is C8H13NO4. The highest BCUT2D eigenvalue weighted by atomic mass is 16.5. The molecular weight excluding hydrogens is 174 g/mol. The zero-order valence-corrected chi connectivity index (χ0v) is 7.90. The molecule has 0 radical (unpaired) electrons. The molecule has 0 aromatic rings. The summed E-state index contributed by atoms with van der Waals surface area (Å²) >= 11 is 0. The Kier molecular flexibility index (Phi) is 4.72. The molecule has 0 bridgehead atoms. The first-order valence-electron chi connectivity index (χ1n) is 3.98. The lowest BCUT2D eigenvalue weighted by molar-refractivity contribution is -0.136. The summed E-state index contributed by atoms with van der Waals surface area (Å²) in [5.41, 5.74) is -0.545. The second-order valence-corrected chi connectivity index (χ2v) is 2.69. The van der Waals surface area contributed by atoms with Crippen molar-refractivity contribution in [3.05, 3.63) is 0 Å². The topological polar surface area (TPSA) is 76.0 Å². The molecule has 0 saturated carbocycles. The number of hydrogen-bond acceptors (Lipinski definition) is 5. The van der Waals surface area contributed by atoms with Gasteiger partial charge in [-0.2, -0.15) is 0 Å². The summed E-state index contributed by atoms with van der Waals surface area (Å²) < 4.78 is 4.52. The molecule has 0 amide bonds. The SMILES string of the molecule is CCOC(=O)/C(=N\O)C(=O)C(C)C. The van der Waals surface area contributed by atoms with Crippen LogP contribution in [0.3, 0.4) is 0 Å². The van der Waals surface area contributed by atoms with E-state index >= 15 is 0 Å². The lowest BCUT2D eigenvalue weighted by Gasteiger charge is -2.04. The van der Waals surface area contributed by atoms with Crippen LogP contribution in [-0.2, 0) is 14.3 Å². The fourth-order valence-electron chi connectivity index (χ4n) is 0.664. The van der Waals surface area contributed by atoms with Crippen LogP contribution in [0.25, 0.3) is 0 Å². The Morgan fingerprint density at radius 2 is 2.00 bits per heavy atom. The normalized spacial score (nSPS) is 11.5. The Balaban J connectivity index is 4.54. The van der Waals surface area contributed by atoms with Gasteiger partial charge >= 0.3 is 5.97 Å². The lowest BCUT2D eigenvalue weighted by Crippen LogP contribution is -2.29. The van der Waals surface area contributed by atoms with Crippen molar-refractivity contribution in [3.8, 4) is 0 Å². The number of oxime groups is 1. The van der Waals surface area contributed by atoms with Gasteiger partial charge in [0, 0.05) is 5.92 Å². The molecule has 5 heteroatoms. The van der Waals surface area contributed by atoms with Gasteiger partial charge in [-0.05, 0) is 6.92 Å². The molecule has 13 heavy (non-hydrogen) atoms. The van der Waals surface area contributed by atoms with E-state index in [2.05, 4.69) is 9.89 Å². The van der Waals surface area contributed by atoms with Crippen LogP contribution in [0.2, 0.25) is 0 Å². The molecule has 1 N–H and O–H groups in total. The van der Waals surface area contributed by atoms with Gasteiger partial charge in [-0.25, -0.2) is 4.79 Å². The molecule has 0 saturated heterocycles. The third-order valence-electron chi connectivity index (χ3n) is 1.33. The molecule has 0 unspecified atom stereocenters. The van der Waals surface area contributed by atoms with Crippen LogP contribution in [0, 0.1) is 5.92 Å². The van der Waals surface area contributed by atoms with E-state index in [1.54, 1.807) is 20.8 Å². The van der Waals surface area contributed by atoms with Crippen LogP contribution in [0.15, 0.2) is 5.16 Å². The van der Waals surface area contributed by atoms with Gasteiger partial charge < -0.3 is 9.94 Å². The average molecular weight is 187 g/mol. The highest BCUT2D eigenvalue weighted by Crippen LogP contribution is 1.98. The zero-order chi connectivity index (χ0) is 10.4. The van der Waals surface area contributed by atoms with Crippen molar-refractivity contribution in [1.82, 2.24) is 0 Å².